The number of likely N-dealkylation sites (N-methyl/N-ethyl adjacent to an activating group) is 1. The number of carbonyl (C=O) groups is 3. The van der Waals surface area contributed by atoms with Gasteiger partial charge in [-0.25, -0.2) is 23.8 Å². The molecule has 0 aromatic heterocycles. The van der Waals surface area contributed by atoms with Crippen LogP contribution in [0, 0.1) is 11.8 Å². The molecule has 1 saturated heterocycles. The van der Waals surface area contributed by atoms with Crippen LogP contribution in [0.2, 0.25) is 0 Å². The zero-order valence-electron chi connectivity index (χ0n) is 18.2. The highest BCUT2D eigenvalue weighted by atomic mass is 32.2. The predicted octanol–water partition coefficient (Wildman–Crippen LogP) is 1.19. The third kappa shape index (κ3) is 4.19. The Hall–Kier alpha value is -1.72. The average Bonchev–Trinajstić information content (AvgIpc) is 2.84. The van der Waals surface area contributed by atoms with Gasteiger partial charge in [-0.1, -0.05) is 19.3 Å². The number of urea groups is 1. The fraction of sp³-hybridized carbons (Fsp3) is 0.842. The minimum absolute atomic E-state index is 0.0476. The molecule has 10 nitrogen and oxygen atoms in total. The predicted molar refractivity (Wildman–Crippen MR) is 110 cm³/mol. The van der Waals surface area contributed by atoms with E-state index in [1.807, 2.05) is 0 Å². The summed E-state index contributed by atoms with van der Waals surface area (Å²) >= 11 is 0. The molecule has 0 radical (unpaired) electrons. The standard InChI is InChI=1S/C19H34N4O6S/c1-18(2)16(25)23(17(26)22(18)4)12-8-11-14(15(24)21-27)19(3,30(20,28)29)13-9-6-5-7-10-13/h13-14,27H,5-12H2,1-4H3,(H,21,24)(H2,20,28,29). The molecule has 1 aliphatic heterocycles. The first kappa shape index (κ1) is 24.5. The lowest BCUT2D eigenvalue weighted by atomic mass is 9.72. The summed E-state index contributed by atoms with van der Waals surface area (Å²) in [6.45, 7) is 4.82. The van der Waals surface area contributed by atoms with Crippen molar-refractivity contribution in [1.82, 2.24) is 15.3 Å². The number of carbonyl (C=O) groups excluding carboxylic acids is 3. The number of nitrogens with two attached hydrogens (primary N) is 1. The van der Waals surface area contributed by atoms with Crippen molar-refractivity contribution in [1.29, 1.82) is 0 Å². The van der Waals surface area contributed by atoms with Crippen molar-refractivity contribution in [3.63, 3.8) is 0 Å². The van der Waals surface area contributed by atoms with E-state index in [-0.39, 0.29) is 31.2 Å². The summed E-state index contributed by atoms with van der Waals surface area (Å²) in [5, 5.41) is 14.9. The minimum Gasteiger partial charge on any atom is -0.313 e. The minimum atomic E-state index is -4.14. The highest BCUT2D eigenvalue weighted by Crippen LogP contribution is 2.43. The summed E-state index contributed by atoms with van der Waals surface area (Å²) in [6.07, 6.45) is 4.21. The molecule has 2 atom stereocenters. The van der Waals surface area contributed by atoms with E-state index in [9.17, 15) is 28.0 Å². The maximum absolute atomic E-state index is 12.7. The third-order valence-electron chi connectivity index (χ3n) is 7.15. The van der Waals surface area contributed by atoms with Gasteiger partial charge in [-0.3, -0.25) is 19.7 Å². The van der Waals surface area contributed by atoms with Crippen LogP contribution in [0.3, 0.4) is 0 Å². The molecule has 0 spiro atoms. The van der Waals surface area contributed by atoms with Crippen molar-refractivity contribution in [3.8, 4) is 0 Å². The van der Waals surface area contributed by atoms with Gasteiger partial charge in [-0.05, 0) is 52.4 Å². The molecule has 1 saturated carbocycles. The monoisotopic (exact) mass is 446 g/mol. The molecule has 2 aliphatic rings. The van der Waals surface area contributed by atoms with Gasteiger partial charge in [0, 0.05) is 13.6 Å². The molecule has 1 aliphatic carbocycles. The zero-order valence-corrected chi connectivity index (χ0v) is 19.0. The van der Waals surface area contributed by atoms with Crippen molar-refractivity contribution < 1.29 is 28.0 Å². The Morgan fingerprint density at radius 2 is 1.87 bits per heavy atom. The van der Waals surface area contributed by atoms with Gasteiger partial charge in [-0.2, -0.15) is 0 Å². The van der Waals surface area contributed by atoms with Crippen LogP contribution in [0.5, 0.6) is 0 Å². The maximum Gasteiger partial charge on any atom is 0.327 e. The van der Waals surface area contributed by atoms with Gasteiger partial charge in [0.2, 0.25) is 15.9 Å². The highest BCUT2D eigenvalue weighted by molar-refractivity contribution is 7.90. The molecule has 4 amide bonds. The Morgan fingerprint density at radius 3 is 2.30 bits per heavy atom. The lowest BCUT2D eigenvalue weighted by molar-refractivity contribution is -0.135. The normalized spacial score (nSPS) is 23.4. The van der Waals surface area contributed by atoms with Crippen LogP contribution < -0.4 is 10.6 Å². The van der Waals surface area contributed by atoms with Gasteiger partial charge < -0.3 is 4.90 Å². The first-order chi connectivity index (χ1) is 13.8. The second-order valence-corrected chi connectivity index (χ2v) is 11.1. The zero-order chi connectivity index (χ0) is 22.9. The number of rotatable bonds is 8. The topological polar surface area (TPSA) is 150 Å². The van der Waals surface area contributed by atoms with E-state index in [4.69, 9.17) is 5.14 Å². The summed E-state index contributed by atoms with van der Waals surface area (Å²) in [6, 6.07) is -0.436. The SMILES string of the molecule is CN1C(=O)N(CCCC(C(=O)NO)C(C)(C2CCCCC2)S(N)(=O)=O)C(=O)C1(C)C. The van der Waals surface area contributed by atoms with E-state index in [0.29, 0.717) is 12.8 Å². The summed E-state index contributed by atoms with van der Waals surface area (Å²) < 4.78 is 23.8. The van der Waals surface area contributed by atoms with Gasteiger partial charge in [0.15, 0.2) is 0 Å². The van der Waals surface area contributed by atoms with E-state index >= 15 is 0 Å². The lowest BCUT2D eigenvalue weighted by Crippen LogP contribution is -2.57. The number of primary sulfonamides is 1. The molecule has 0 aromatic carbocycles. The molecule has 1 heterocycles. The Balaban J connectivity index is 2.24. The van der Waals surface area contributed by atoms with Crippen molar-refractivity contribution in [2.75, 3.05) is 13.6 Å². The molecular formula is C19H34N4O6S. The Labute approximate surface area is 178 Å². The van der Waals surface area contributed by atoms with E-state index in [2.05, 4.69) is 0 Å². The second-order valence-electron chi connectivity index (χ2n) is 9.09. The van der Waals surface area contributed by atoms with Gasteiger partial charge in [0.05, 0.1) is 10.7 Å². The summed E-state index contributed by atoms with van der Waals surface area (Å²) in [5.41, 5.74) is 0.621. The summed E-state index contributed by atoms with van der Waals surface area (Å²) in [7, 11) is -2.60. The maximum atomic E-state index is 12.7. The lowest BCUT2D eigenvalue weighted by Gasteiger charge is -2.42. The average molecular weight is 447 g/mol. The quantitative estimate of drug-likeness (QED) is 0.289. The number of nitrogens with zero attached hydrogens (tertiary/aromatic N) is 2. The molecule has 172 valence electrons. The molecule has 30 heavy (non-hydrogen) atoms. The van der Waals surface area contributed by atoms with E-state index in [1.165, 1.54) is 11.8 Å². The fourth-order valence-electron chi connectivity index (χ4n) is 4.78. The van der Waals surface area contributed by atoms with Crippen molar-refractivity contribution >= 4 is 27.9 Å². The number of hydrogen-bond donors (Lipinski definition) is 3. The second kappa shape index (κ2) is 8.80. The van der Waals surface area contributed by atoms with Crippen LogP contribution in [0.1, 0.15) is 65.7 Å². The largest absolute Gasteiger partial charge is 0.327 e. The van der Waals surface area contributed by atoms with Gasteiger partial charge in [-0.15, -0.1) is 0 Å². The smallest absolute Gasteiger partial charge is 0.313 e. The van der Waals surface area contributed by atoms with Crippen molar-refractivity contribution in [2.45, 2.75) is 76.0 Å². The van der Waals surface area contributed by atoms with Crippen LogP contribution in [-0.2, 0) is 19.6 Å². The van der Waals surface area contributed by atoms with Crippen molar-refractivity contribution in [2.24, 2.45) is 17.0 Å². The molecule has 2 unspecified atom stereocenters. The molecule has 2 rings (SSSR count). The number of nitrogens with one attached hydrogen (secondary N) is 1. The number of hydroxylamine groups is 1. The first-order valence-electron chi connectivity index (χ1n) is 10.4. The summed E-state index contributed by atoms with van der Waals surface area (Å²) in [4.78, 5) is 39.9. The Morgan fingerprint density at radius 1 is 1.30 bits per heavy atom. The van der Waals surface area contributed by atoms with Crippen molar-refractivity contribution in [3.05, 3.63) is 0 Å². The molecule has 0 aromatic rings. The number of amides is 4. The van der Waals surface area contributed by atoms with Gasteiger partial charge in [0.25, 0.3) is 5.91 Å². The fourth-order valence-corrected chi connectivity index (χ4v) is 6.10. The number of imide groups is 1. The molecule has 4 N–H and O–H groups in total. The van der Waals surface area contributed by atoms with Gasteiger partial charge in [0.1, 0.15) is 5.54 Å². The van der Waals surface area contributed by atoms with Crippen LogP contribution in [-0.4, -0.2) is 65.1 Å². The molecule has 0 bridgehead atoms. The molecule has 2 fully saturated rings. The third-order valence-corrected chi connectivity index (χ3v) is 8.99. The number of hydrogen-bond acceptors (Lipinski definition) is 6. The van der Waals surface area contributed by atoms with E-state index in [0.717, 1.165) is 24.2 Å². The van der Waals surface area contributed by atoms with E-state index < -0.39 is 38.2 Å². The van der Waals surface area contributed by atoms with Gasteiger partial charge >= 0.3 is 6.03 Å². The Bertz CT molecular complexity index is 793. The number of sulfonamides is 1. The highest BCUT2D eigenvalue weighted by Gasteiger charge is 2.53. The molecule has 11 heteroatoms. The summed E-state index contributed by atoms with van der Waals surface area (Å²) in [5.74, 6) is -2.60. The van der Waals surface area contributed by atoms with Crippen LogP contribution >= 0.6 is 0 Å². The van der Waals surface area contributed by atoms with Crippen LogP contribution in [0.25, 0.3) is 0 Å². The van der Waals surface area contributed by atoms with Crippen LogP contribution in [0.15, 0.2) is 0 Å². The molecular weight excluding hydrogens is 412 g/mol. The van der Waals surface area contributed by atoms with Crippen LogP contribution in [0.4, 0.5) is 4.79 Å². The first-order valence-corrected chi connectivity index (χ1v) is 11.9. The Kier molecular flexibility index (Phi) is 7.20. The van der Waals surface area contributed by atoms with E-state index in [1.54, 1.807) is 26.4 Å².